The van der Waals surface area contributed by atoms with Crippen molar-refractivity contribution >= 4 is 15.9 Å². The maximum absolute atomic E-state index is 13.0. The Labute approximate surface area is 167 Å². The minimum absolute atomic E-state index is 0.0719. The lowest BCUT2D eigenvalue weighted by Crippen LogP contribution is -2.38. The monoisotopic (exact) mass is 401 g/mol. The van der Waals surface area contributed by atoms with Gasteiger partial charge < -0.3 is 4.74 Å². The van der Waals surface area contributed by atoms with E-state index in [-0.39, 0.29) is 22.9 Å². The summed E-state index contributed by atoms with van der Waals surface area (Å²) in [6, 6.07) is 17.6. The molecule has 0 aliphatic carbocycles. The van der Waals surface area contributed by atoms with Crippen LogP contribution in [0.3, 0.4) is 0 Å². The van der Waals surface area contributed by atoms with Crippen LogP contribution in [0, 0.1) is 0 Å². The van der Waals surface area contributed by atoms with Crippen LogP contribution in [0.25, 0.3) is 0 Å². The van der Waals surface area contributed by atoms with Crippen molar-refractivity contribution in [1.29, 1.82) is 0 Å². The second-order valence-corrected chi connectivity index (χ2v) is 9.40. The van der Waals surface area contributed by atoms with Crippen LogP contribution in [-0.2, 0) is 21.1 Å². The second-order valence-electron chi connectivity index (χ2n) is 7.39. The Hall–Kier alpha value is -2.60. The molecule has 0 bridgehead atoms. The lowest BCUT2D eigenvalue weighted by atomic mass is 10.2. The van der Waals surface area contributed by atoms with Crippen molar-refractivity contribution in [3.05, 3.63) is 77.2 Å². The molecule has 0 atom stereocenters. The molecule has 6 heteroatoms. The number of nitrogens with zero attached hydrogens (tertiary/aromatic N) is 1. The molecule has 1 amide bonds. The first kappa shape index (κ1) is 21.7. The summed E-state index contributed by atoms with van der Waals surface area (Å²) in [6.07, 6.45) is 0.976. The zero-order valence-electron chi connectivity index (χ0n) is 16.8. The van der Waals surface area contributed by atoms with E-state index in [0.29, 0.717) is 0 Å². The van der Waals surface area contributed by atoms with Gasteiger partial charge in [-0.25, -0.2) is 13.2 Å². The molecule has 2 aromatic rings. The van der Waals surface area contributed by atoms with E-state index in [1.807, 2.05) is 30.3 Å². The number of sulfone groups is 1. The highest BCUT2D eigenvalue weighted by Crippen LogP contribution is 2.22. The molecule has 2 aromatic carbocycles. The van der Waals surface area contributed by atoms with E-state index < -0.39 is 21.5 Å². The molecule has 0 heterocycles. The molecule has 2 rings (SSSR count). The highest BCUT2D eigenvalue weighted by atomic mass is 32.2. The van der Waals surface area contributed by atoms with E-state index >= 15 is 0 Å². The molecule has 0 aliphatic heterocycles. The standard InChI is InChI=1S/C22H27NO4S/c1-5-19(28(25,26)20-14-10-7-11-15-20)17-23(21(24)27-22(2,3)4)16-18-12-8-6-9-13-18/h5-15H,16-17H2,1-4H3/b19-5-. The molecule has 0 spiro atoms. The lowest BCUT2D eigenvalue weighted by Gasteiger charge is -2.28. The van der Waals surface area contributed by atoms with Gasteiger partial charge in [0.2, 0.25) is 9.84 Å². The minimum Gasteiger partial charge on any atom is -0.444 e. The number of amides is 1. The Morgan fingerprint density at radius 3 is 2.04 bits per heavy atom. The highest BCUT2D eigenvalue weighted by molar-refractivity contribution is 7.95. The summed E-state index contributed by atoms with van der Waals surface area (Å²) in [5.74, 6) is 0. The number of ether oxygens (including phenoxy) is 1. The van der Waals surface area contributed by atoms with E-state index in [2.05, 4.69) is 0 Å². The maximum Gasteiger partial charge on any atom is 0.410 e. The molecular formula is C22H27NO4S. The zero-order valence-corrected chi connectivity index (χ0v) is 17.6. The van der Waals surface area contributed by atoms with Gasteiger partial charge in [0.1, 0.15) is 5.60 Å². The average molecular weight is 402 g/mol. The number of rotatable bonds is 6. The van der Waals surface area contributed by atoms with Crippen molar-refractivity contribution < 1.29 is 17.9 Å². The van der Waals surface area contributed by atoms with E-state index in [4.69, 9.17) is 4.74 Å². The van der Waals surface area contributed by atoms with Crippen LogP contribution in [0.4, 0.5) is 4.79 Å². The van der Waals surface area contributed by atoms with Crippen LogP contribution in [0.15, 0.2) is 76.5 Å². The van der Waals surface area contributed by atoms with Gasteiger partial charge in [-0.05, 0) is 45.4 Å². The molecule has 150 valence electrons. The Kier molecular flexibility index (Phi) is 7.02. The van der Waals surface area contributed by atoms with Gasteiger partial charge in [-0.3, -0.25) is 4.90 Å². The van der Waals surface area contributed by atoms with Gasteiger partial charge in [0, 0.05) is 6.54 Å². The van der Waals surface area contributed by atoms with Gasteiger partial charge in [0.05, 0.1) is 16.3 Å². The number of benzene rings is 2. The predicted octanol–water partition coefficient (Wildman–Crippen LogP) is 4.80. The van der Waals surface area contributed by atoms with Gasteiger partial charge in [-0.2, -0.15) is 0 Å². The quantitative estimate of drug-likeness (QED) is 0.697. The van der Waals surface area contributed by atoms with Crippen LogP contribution >= 0.6 is 0 Å². The molecule has 0 N–H and O–H groups in total. The van der Waals surface area contributed by atoms with Gasteiger partial charge in [-0.15, -0.1) is 0 Å². The largest absolute Gasteiger partial charge is 0.444 e. The van der Waals surface area contributed by atoms with Crippen LogP contribution in [0.2, 0.25) is 0 Å². The number of allylic oxidation sites excluding steroid dienone is 1. The van der Waals surface area contributed by atoms with Crippen molar-refractivity contribution in [3.63, 3.8) is 0 Å². The molecule has 0 saturated carbocycles. The fourth-order valence-corrected chi connectivity index (χ4v) is 4.04. The number of hydrogen-bond acceptors (Lipinski definition) is 4. The van der Waals surface area contributed by atoms with Gasteiger partial charge in [0.25, 0.3) is 0 Å². The molecule has 0 fully saturated rings. The van der Waals surface area contributed by atoms with E-state index in [0.717, 1.165) is 5.56 Å². The van der Waals surface area contributed by atoms with Crippen LogP contribution in [0.1, 0.15) is 33.3 Å². The zero-order chi connectivity index (χ0) is 20.8. The van der Waals surface area contributed by atoms with Crippen molar-refractivity contribution in [3.8, 4) is 0 Å². The van der Waals surface area contributed by atoms with Crippen molar-refractivity contribution in [2.24, 2.45) is 0 Å². The Bertz CT molecular complexity index is 914. The Morgan fingerprint density at radius 1 is 1.00 bits per heavy atom. The number of carbonyl (C=O) groups excluding carboxylic acids is 1. The predicted molar refractivity (Wildman–Crippen MR) is 110 cm³/mol. The summed E-state index contributed by atoms with van der Waals surface area (Å²) in [4.78, 5) is 14.5. The molecule has 0 aromatic heterocycles. The SMILES string of the molecule is C/C=C(/CN(Cc1ccccc1)C(=O)OC(C)(C)C)S(=O)(=O)c1ccccc1. The maximum atomic E-state index is 13.0. The third-order valence-corrected chi connectivity index (χ3v) is 5.88. The van der Waals surface area contributed by atoms with Crippen LogP contribution in [0.5, 0.6) is 0 Å². The van der Waals surface area contributed by atoms with Crippen LogP contribution < -0.4 is 0 Å². The smallest absolute Gasteiger partial charge is 0.410 e. The van der Waals surface area contributed by atoms with Crippen molar-refractivity contribution in [2.75, 3.05) is 6.54 Å². The summed E-state index contributed by atoms with van der Waals surface area (Å²) < 4.78 is 31.5. The first-order valence-electron chi connectivity index (χ1n) is 9.10. The number of carbonyl (C=O) groups is 1. The third kappa shape index (κ3) is 5.96. The summed E-state index contributed by atoms with van der Waals surface area (Å²) in [5.41, 5.74) is 0.210. The summed E-state index contributed by atoms with van der Waals surface area (Å²) in [7, 11) is -3.70. The fourth-order valence-electron chi connectivity index (χ4n) is 2.59. The molecule has 5 nitrogen and oxygen atoms in total. The summed E-state index contributed by atoms with van der Waals surface area (Å²) in [5, 5.41) is 0. The first-order valence-corrected chi connectivity index (χ1v) is 10.6. The Morgan fingerprint density at radius 2 is 1.54 bits per heavy atom. The van der Waals surface area contributed by atoms with E-state index in [1.165, 1.54) is 11.0 Å². The van der Waals surface area contributed by atoms with Gasteiger partial charge >= 0.3 is 6.09 Å². The van der Waals surface area contributed by atoms with Crippen molar-refractivity contribution in [2.45, 2.75) is 44.7 Å². The molecule has 0 aliphatic rings. The summed E-state index contributed by atoms with van der Waals surface area (Å²) >= 11 is 0. The molecule has 0 radical (unpaired) electrons. The van der Waals surface area contributed by atoms with Crippen LogP contribution in [-0.4, -0.2) is 31.6 Å². The second kappa shape index (κ2) is 9.06. The summed E-state index contributed by atoms with van der Waals surface area (Å²) in [6.45, 7) is 7.18. The lowest BCUT2D eigenvalue weighted by molar-refractivity contribution is 0.0255. The normalized spacial score (nSPS) is 12.5. The highest BCUT2D eigenvalue weighted by Gasteiger charge is 2.27. The molecular weight excluding hydrogens is 374 g/mol. The average Bonchev–Trinajstić information content (AvgIpc) is 2.65. The molecule has 0 unspecified atom stereocenters. The molecule has 28 heavy (non-hydrogen) atoms. The van der Waals surface area contributed by atoms with Gasteiger partial charge in [-0.1, -0.05) is 54.6 Å². The Balaban J connectivity index is 2.33. The fraction of sp³-hybridized carbons (Fsp3) is 0.318. The third-order valence-electron chi connectivity index (χ3n) is 3.94. The van der Waals surface area contributed by atoms with Crippen molar-refractivity contribution in [1.82, 2.24) is 4.90 Å². The topological polar surface area (TPSA) is 63.7 Å². The first-order chi connectivity index (χ1) is 13.1. The number of hydrogen-bond donors (Lipinski definition) is 0. The van der Waals surface area contributed by atoms with Gasteiger partial charge in [0.15, 0.2) is 0 Å². The minimum atomic E-state index is -3.70. The molecule has 0 saturated heterocycles. The van der Waals surface area contributed by atoms with E-state index in [9.17, 15) is 13.2 Å². The van der Waals surface area contributed by atoms with E-state index in [1.54, 1.807) is 58.0 Å².